The number of aryl methyl sites for hydroxylation is 1. The first-order valence-corrected chi connectivity index (χ1v) is 7.02. The average molecular weight is 290 g/mol. The normalized spacial score (nSPS) is 10.5. The second-order valence-corrected chi connectivity index (χ2v) is 5.05. The van der Waals surface area contributed by atoms with Gasteiger partial charge >= 0.3 is 0 Å². The minimum atomic E-state index is -0.111. The Kier molecular flexibility index (Phi) is 4.74. The topological polar surface area (TPSA) is 57.9 Å². The molecule has 2 aromatic rings. The quantitative estimate of drug-likeness (QED) is 0.832. The summed E-state index contributed by atoms with van der Waals surface area (Å²) in [7, 11) is 1.63. The van der Waals surface area contributed by atoms with Crippen molar-refractivity contribution in [2.75, 3.05) is 7.11 Å². The van der Waals surface area contributed by atoms with Crippen molar-refractivity contribution in [3.63, 3.8) is 0 Å². The molecule has 0 atom stereocenters. The average Bonchev–Trinajstić information content (AvgIpc) is 2.43. The number of H-pyrrole nitrogens is 2. The molecule has 5 heteroatoms. The zero-order valence-corrected chi connectivity index (χ0v) is 12.5. The summed E-state index contributed by atoms with van der Waals surface area (Å²) in [6.07, 6.45) is 2.33. The molecule has 0 spiro atoms. The van der Waals surface area contributed by atoms with Gasteiger partial charge in [-0.2, -0.15) is 0 Å². The monoisotopic (exact) mass is 290 g/mol. The van der Waals surface area contributed by atoms with Gasteiger partial charge in [-0.1, -0.05) is 25.5 Å². The lowest BCUT2D eigenvalue weighted by Crippen LogP contribution is -2.18. The van der Waals surface area contributed by atoms with Gasteiger partial charge in [0.15, 0.2) is 4.77 Å². The highest BCUT2D eigenvalue weighted by Gasteiger charge is 2.09. The van der Waals surface area contributed by atoms with Crippen LogP contribution in [0, 0.1) is 4.77 Å². The Morgan fingerprint density at radius 1 is 1.30 bits per heavy atom. The third-order valence-electron chi connectivity index (χ3n) is 3.14. The third-order valence-corrected chi connectivity index (χ3v) is 3.35. The molecule has 0 fully saturated rings. The minimum Gasteiger partial charge on any atom is -0.497 e. The minimum absolute atomic E-state index is 0.111. The van der Waals surface area contributed by atoms with Crippen molar-refractivity contribution in [3.05, 3.63) is 56.2 Å². The zero-order chi connectivity index (χ0) is 14.5. The molecule has 106 valence electrons. The van der Waals surface area contributed by atoms with Gasteiger partial charge in [0.25, 0.3) is 5.56 Å². The predicted octanol–water partition coefficient (Wildman–Crippen LogP) is 2.98. The molecule has 1 heterocycles. The highest BCUT2D eigenvalue weighted by Crippen LogP contribution is 2.16. The van der Waals surface area contributed by atoms with Gasteiger partial charge in [0.2, 0.25) is 0 Å². The first-order chi connectivity index (χ1) is 9.63. The van der Waals surface area contributed by atoms with E-state index >= 15 is 0 Å². The van der Waals surface area contributed by atoms with Crippen molar-refractivity contribution in [2.45, 2.75) is 26.2 Å². The number of aromatic amines is 2. The van der Waals surface area contributed by atoms with E-state index in [2.05, 4.69) is 16.9 Å². The smallest absolute Gasteiger partial charge is 0.255 e. The number of hydrogen-bond acceptors (Lipinski definition) is 3. The Morgan fingerprint density at radius 2 is 2.10 bits per heavy atom. The van der Waals surface area contributed by atoms with Gasteiger partial charge in [-0.25, -0.2) is 0 Å². The first-order valence-electron chi connectivity index (χ1n) is 6.61. The first kappa shape index (κ1) is 14.5. The molecule has 0 bridgehead atoms. The lowest BCUT2D eigenvalue weighted by molar-refractivity contribution is 0.414. The van der Waals surface area contributed by atoms with E-state index in [0.29, 0.717) is 11.2 Å². The van der Waals surface area contributed by atoms with Gasteiger partial charge < -0.3 is 9.72 Å². The van der Waals surface area contributed by atoms with Gasteiger partial charge in [-0.3, -0.25) is 9.78 Å². The van der Waals surface area contributed by atoms with Crippen LogP contribution in [0.1, 0.15) is 30.2 Å². The summed E-state index contributed by atoms with van der Waals surface area (Å²) < 4.78 is 5.59. The van der Waals surface area contributed by atoms with Gasteiger partial charge in [0.1, 0.15) is 5.75 Å². The van der Waals surface area contributed by atoms with Crippen molar-refractivity contribution < 1.29 is 4.74 Å². The zero-order valence-electron chi connectivity index (χ0n) is 11.7. The van der Waals surface area contributed by atoms with Crippen LogP contribution in [0.2, 0.25) is 0 Å². The fourth-order valence-electron chi connectivity index (χ4n) is 2.20. The van der Waals surface area contributed by atoms with Crippen molar-refractivity contribution >= 4 is 12.2 Å². The maximum Gasteiger partial charge on any atom is 0.255 e. The van der Waals surface area contributed by atoms with Crippen LogP contribution in [-0.2, 0) is 12.8 Å². The molecule has 2 N–H and O–H groups in total. The summed E-state index contributed by atoms with van der Waals surface area (Å²) in [4.78, 5) is 17.9. The molecule has 1 aromatic heterocycles. The highest BCUT2D eigenvalue weighted by atomic mass is 32.1. The molecule has 0 aliphatic carbocycles. The molecule has 20 heavy (non-hydrogen) atoms. The maximum atomic E-state index is 12.1. The van der Waals surface area contributed by atoms with Crippen LogP contribution in [0.15, 0.2) is 29.1 Å². The molecule has 0 saturated carbocycles. The summed E-state index contributed by atoms with van der Waals surface area (Å²) in [5.74, 6) is 0.792. The molecular formula is C15H18N2O2S. The SMILES string of the molecule is CCCc1[nH]c(=S)[nH]c(=O)c1Cc1cccc(OC)c1. The summed E-state index contributed by atoms with van der Waals surface area (Å²) in [6.45, 7) is 2.08. The van der Waals surface area contributed by atoms with Crippen molar-refractivity contribution in [1.29, 1.82) is 0 Å². The fraction of sp³-hybridized carbons (Fsp3) is 0.333. The molecule has 0 saturated heterocycles. The largest absolute Gasteiger partial charge is 0.497 e. The standard InChI is InChI=1S/C15H18N2O2S/c1-3-5-13-12(14(18)17-15(20)16-13)9-10-6-4-7-11(8-10)19-2/h4,6-8H,3,5,9H2,1-2H3,(H2,16,17,18,20). The summed E-state index contributed by atoms with van der Waals surface area (Å²) in [5, 5.41) is 0. The summed E-state index contributed by atoms with van der Waals surface area (Å²) >= 11 is 5.03. The van der Waals surface area contributed by atoms with Crippen LogP contribution in [0.3, 0.4) is 0 Å². The third kappa shape index (κ3) is 3.36. The number of nitrogens with one attached hydrogen (secondary N) is 2. The number of hydrogen-bond donors (Lipinski definition) is 2. The molecule has 2 rings (SSSR count). The van der Waals surface area contributed by atoms with E-state index < -0.39 is 0 Å². The van der Waals surface area contributed by atoms with Gasteiger partial charge in [-0.05, 0) is 36.3 Å². The molecular weight excluding hydrogens is 272 g/mol. The van der Waals surface area contributed by atoms with E-state index in [0.717, 1.165) is 35.4 Å². The summed E-state index contributed by atoms with van der Waals surface area (Å²) in [6, 6.07) is 7.74. The van der Waals surface area contributed by atoms with E-state index in [-0.39, 0.29) is 5.56 Å². The summed E-state index contributed by atoms with van der Waals surface area (Å²) in [5.41, 5.74) is 2.59. The van der Waals surface area contributed by atoms with Gasteiger partial charge in [-0.15, -0.1) is 0 Å². The molecule has 0 aliphatic rings. The second-order valence-electron chi connectivity index (χ2n) is 4.64. The Bertz CT molecular complexity index is 704. The second kappa shape index (κ2) is 6.52. The predicted molar refractivity (Wildman–Crippen MR) is 82.0 cm³/mol. The lowest BCUT2D eigenvalue weighted by atomic mass is 10.0. The number of benzene rings is 1. The van der Waals surface area contributed by atoms with Crippen LogP contribution in [0.4, 0.5) is 0 Å². The van der Waals surface area contributed by atoms with Crippen LogP contribution >= 0.6 is 12.2 Å². The van der Waals surface area contributed by atoms with Crippen LogP contribution < -0.4 is 10.3 Å². The van der Waals surface area contributed by atoms with E-state index in [4.69, 9.17) is 17.0 Å². The Hall–Kier alpha value is -1.88. The van der Waals surface area contributed by atoms with E-state index in [9.17, 15) is 4.79 Å². The van der Waals surface area contributed by atoms with E-state index in [1.54, 1.807) is 7.11 Å². The molecule has 1 aromatic carbocycles. The number of ether oxygens (including phenoxy) is 1. The van der Waals surface area contributed by atoms with Crippen molar-refractivity contribution in [2.24, 2.45) is 0 Å². The van der Waals surface area contributed by atoms with Gasteiger partial charge in [0.05, 0.1) is 7.11 Å². The molecule has 0 unspecified atom stereocenters. The Balaban J connectivity index is 2.41. The number of rotatable bonds is 5. The van der Waals surface area contributed by atoms with Crippen molar-refractivity contribution in [3.8, 4) is 5.75 Å². The molecule has 0 radical (unpaired) electrons. The maximum absolute atomic E-state index is 12.1. The number of aromatic nitrogens is 2. The van der Waals surface area contributed by atoms with Crippen LogP contribution in [0.25, 0.3) is 0 Å². The van der Waals surface area contributed by atoms with Gasteiger partial charge in [0, 0.05) is 17.7 Å². The van der Waals surface area contributed by atoms with E-state index in [1.807, 2.05) is 24.3 Å². The van der Waals surface area contributed by atoms with Crippen LogP contribution in [-0.4, -0.2) is 17.1 Å². The Morgan fingerprint density at radius 3 is 2.80 bits per heavy atom. The van der Waals surface area contributed by atoms with E-state index in [1.165, 1.54) is 0 Å². The number of methoxy groups -OCH3 is 1. The molecule has 0 aliphatic heterocycles. The highest BCUT2D eigenvalue weighted by molar-refractivity contribution is 7.71. The molecule has 4 nitrogen and oxygen atoms in total. The van der Waals surface area contributed by atoms with Crippen molar-refractivity contribution in [1.82, 2.24) is 9.97 Å². The lowest BCUT2D eigenvalue weighted by Gasteiger charge is -2.09. The Labute approximate surface area is 122 Å². The fourth-order valence-corrected chi connectivity index (χ4v) is 2.41. The molecule has 0 amide bonds. The van der Waals surface area contributed by atoms with Crippen LogP contribution in [0.5, 0.6) is 5.75 Å².